The Labute approximate surface area is 171 Å². The number of hydrogen-bond acceptors (Lipinski definition) is 1. The number of nitrogens with zero attached hydrogens (tertiary/aromatic N) is 2. The van der Waals surface area contributed by atoms with Gasteiger partial charge in [-0.1, -0.05) is 30.3 Å². The van der Waals surface area contributed by atoms with Crippen molar-refractivity contribution in [1.29, 1.82) is 0 Å². The zero-order valence-electron chi connectivity index (χ0n) is 16.6. The van der Waals surface area contributed by atoms with Crippen molar-refractivity contribution in [1.82, 2.24) is 4.40 Å². The predicted octanol–water partition coefficient (Wildman–Crippen LogP) is 6.65. The van der Waals surface area contributed by atoms with Crippen molar-refractivity contribution in [3.63, 3.8) is 0 Å². The fourth-order valence-corrected chi connectivity index (χ4v) is 6.25. The molecule has 4 aromatic heterocycles. The monoisotopic (exact) mass is 391 g/mol. The summed E-state index contributed by atoms with van der Waals surface area (Å²) in [5, 5.41) is 10.4. The lowest BCUT2D eigenvalue weighted by Crippen LogP contribution is -2.33. The molecular formula is C26H19N2S+. The quantitative estimate of drug-likeness (QED) is 0.155. The van der Waals surface area contributed by atoms with Crippen LogP contribution in [0.1, 0.15) is 11.3 Å². The van der Waals surface area contributed by atoms with Crippen LogP contribution < -0.4 is 4.57 Å². The molecule has 138 valence electrons. The van der Waals surface area contributed by atoms with Crippen LogP contribution in [0.3, 0.4) is 0 Å². The highest BCUT2D eigenvalue weighted by molar-refractivity contribution is 7.18. The van der Waals surface area contributed by atoms with Gasteiger partial charge >= 0.3 is 0 Å². The fourth-order valence-electron chi connectivity index (χ4n) is 5.34. The van der Waals surface area contributed by atoms with E-state index in [0.717, 1.165) is 0 Å². The fraction of sp³-hybridized carbons (Fsp3) is 0.115. The molecule has 7 aromatic rings. The second-order valence-corrected chi connectivity index (χ2v) is 9.14. The molecule has 0 bridgehead atoms. The Morgan fingerprint density at radius 2 is 1.69 bits per heavy atom. The highest BCUT2D eigenvalue weighted by Crippen LogP contribution is 2.43. The number of aryl methyl sites for hydroxylation is 3. The minimum atomic E-state index is 1.28. The van der Waals surface area contributed by atoms with Crippen molar-refractivity contribution >= 4 is 70.4 Å². The van der Waals surface area contributed by atoms with E-state index in [1.54, 1.807) is 0 Å². The Bertz CT molecular complexity index is 1780. The number of hydrogen-bond donors (Lipinski definition) is 0. The van der Waals surface area contributed by atoms with Crippen LogP contribution in [0.5, 0.6) is 0 Å². The van der Waals surface area contributed by atoms with Crippen molar-refractivity contribution < 1.29 is 4.57 Å². The maximum atomic E-state index is 2.51. The summed E-state index contributed by atoms with van der Waals surface area (Å²) in [5.41, 5.74) is 7.89. The topological polar surface area (TPSA) is 8.29 Å². The number of thiophene rings is 1. The van der Waals surface area contributed by atoms with E-state index in [-0.39, 0.29) is 0 Å². The number of para-hydroxylation sites is 1. The van der Waals surface area contributed by atoms with E-state index in [1.165, 1.54) is 70.3 Å². The standard InChI is InChI=1S/C26H19N2S/c1-14-8-9-18-23-21(13-16-10-11-29-26(16)18)28-20-7-5-4-6-17(20)19-12-15(2)27(3)25(22(14)23)24(19)28/h4-13H,1-3H3/q+1. The van der Waals surface area contributed by atoms with Crippen LogP contribution >= 0.6 is 11.3 Å². The maximum Gasteiger partial charge on any atom is 0.238 e. The molecule has 2 nitrogen and oxygen atoms in total. The highest BCUT2D eigenvalue weighted by Gasteiger charge is 2.26. The third-order valence-corrected chi connectivity index (χ3v) is 7.70. The Morgan fingerprint density at radius 1 is 0.828 bits per heavy atom. The largest absolute Gasteiger partial charge is 0.303 e. The molecule has 0 radical (unpaired) electrons. The van der Waals surface area contributed by atoms with Crippen molar-refractivity contribution in [2.45, 2.75) is 13.8 Å². The van der Waals surface area contributed by atoms with E-state index < -0.39 is 0 Å². The summed E-state index contributed by atoms with van der Waals surface area (Å²) in [6.07, 6.45) is 0. The molecule has 0 unspecified atom stereocenters. The van der Waals surface area contributed by atoms with Crippen molar-refractivity contribution in [3.05, 3.63) is 71.2 Å². The van der Waals surface area contributed by atoms with Crippen LogP contribution in [0.2, 0.25) is 0 Å². The van der Waals surface area contributed by atoms with Crippen LogP contribution in [0.4, 0.5) is 0 Å². The van der Waals surface area contributed by atoms with E-state index >= 15 is 0 Å². The van der Waals surface area contributed by atoms with Gasteiger partial charge in [-0.05, 0) is 41.5 Å². The van der Waals surface area contributed by atoms with Crippen LogP contribution in [0.25, 0.3) is 59.1 Å². The molecule has 4 heterocycles. The highest BCUT2D eigenvalue weighted by atomic mass is 32.1. The van der Waals surface area contributed by atoms with E-state index in [1.807, 2.05) is 11.3 Å². The zero-order valence-corrected chi connectivity index (χ0v) is 17.4. The third-order valence-electron chi connectivity index (χ3n) is 6.74. The molecule has 29 heavy (non-hydrogen) atoms. The van der Waals surface area contributed by atoms with Gasteiger partial charge in [-0.3, -0.25) is 0 Å². The first-order valence-corrected chi connectivity index (χ1v) is 10.9. The molecule has 0 aliphatic rings. The lowest BCUT2D eigenvalue weighted by Gasteiger charge is -2.14. The van der Waals surface area contributed by atoms with E-state index in [0.29, 0.717) is 0 Å². The van der Waals surface area contributed by atoms with Gasteiger partial charge in [0, 0.05) is 39.2 Å². The van der Waals surface area contributed by atoms with Crippen LogP contribution in [-0.4, -0.2) is 4.40 Å². The number of fused-ring (bicyclic) bond motifs is 7. The zero-order chi connectivity index (χ0) is 19.4. The number of aromatic nitrogens is 2. The molecule has 0 N–H and O–H groups in total. The van der Waals surface area contributed by atoms with Crippen LogP contribution in [0.15, 0.2) is 60.0 Å². The first-order chi connectivity index (χ1) is 14.1. The lowest BCUT2D eigenvalue weighted by atomic mass is 9.96. The summed E-state index contributed by atoms with van der Waals surface area (Å²) >= 11 is 1.85. The molecule has 0 amide bonds. The first-order valence-electron chi connectivity index (χ1n) is 10.0. The van der Waals surface area contributed by atoms with Gasteiger partial charge in [0.25, 0.3) is 0 Å². The summed E-state index contributed by atoms with van der Waals surface area (Å²) in [6.45, 7) is 4.47. The van der Waals surface area contributed by atoms with Gasteiger partial charge in [0.15, 0.2) is 5.69 Å². The van der Waals surface area contributed by atoms with Crippen LogP contribution in [0, 0.1) is 13.8 Å². The second kappa shape index (κ2) is 5.05. The van der Waals surface area contributed by atoms with Gasteiger partial charge in [0.2, 0.25) is 5.52 Å². The second-order valence-electron chi connectivity index (χ2n) is 8.22. The molecule has 0 fully saturated rings. The smallest absolute Gasteiger partial charge is 0.238 e. The first kappa shape index (κ1) is 15.7. The summed E-state index contributed by atoms with van der Waals surface area (Å²) in [4.78, 5) is 0. The summed E-state index contributed by atoms with van der Waals surface area (Å²) in [6, 6.07) is 20.5. The van der Waals surface area contributed by atoms with E-state index in [9.17, 15) is 0 Å². The van der Waals surface area contributed by atoms with Crippen LogP contribution in [-0.2, 0) is 7.05 Å². The minimum absolute atomic E-state index is 1.28. The average Bonchev–Trinajstić information content (AvgIpc) is 3.32. The molecule has 0 spiro atoms. The molecule has 0 saturated carbocycles. The normalized spacial score (nSPS) is 12.7. The molecule has 0 saturated heterocycles. The van der Waals surface area contributed by atoms with E-state index in [2.05, 4.69) is 89.8 Å². The lowest BCUT2D eigenvalue weighted by molar-refractivity contribution is -0.650. The predicted molar refractivity (Wildman–Crippen MR) is 125 cm³/mol. The molecule has 7 rings (SSSR count). The molecule has 0 atom stereocenters. The SMILES string of the molecule is Cc1ccc2c3sccc3cc3c2c1c1c2c(cc(C)[n+]1C)c1ccccc1n32. The Balaban J connectivity index is 2.02. The van der Waals surface area contributed by atoms with Crippen molar-refractivity contribution in [2.24, 2.45) is 7.05 Å². The minimum Gasteiger partial charge on any atom is -0.303 e. The summed E-state index contributed by atoms with van der Waals surface area (Å²) in [7, 11) is 2.21. The Kier molecular flexibility index (Phi) is 2.74. The van der Waals surface area contributed by atoms with Crippen molar-refractivity contribution in [3.8, 4) is 0 Å². The summed E-state index contributed by atoms with van der Waals surface area (Å²) in [5.74, 6) is 0. The summed E-state index contributed by atoms with van der Waals surface area (Å²) < 4.78 is 6.27. The molecule has 0 aliphatic heterocycles. The Morgan fingerprint density at radius 3 is 2.59 bits per heavy atom. The molecule has 3 heteroatoms. The van der Waals surface area contributed by atoms with Gasteiger partial charge in [-0.15, -0.1) is 11.3 Å². The molecule has 0 aliphatic carbocycles. The van der Waals surface area contributed by atoms with Gasteiger partial charge in [-0.2, -0.15) is 4.57 Å². The number of benzene rings is 3. The average molecular weight is 392 g/mol. The molecule has 3 aromatic carbocycles. The Hall–Kier alpha value is -3.17. The number of pyridine rings is 2. The third kappa shape index (κ3) is 1.72. The molecular weight excluding hydrogens is 372 g/mol. The van der Waals surface area contributed by atoms with Gasteiger partial charge in [0.1, 0.15) is 12.6 Å². The van der Waals surface area contributed by atoms with Crippen molar-refractivity contribution in [2.75, 3.05) is 0 Å². The number of rotatable bonds is 0. The maximum absolute atomic E-state index is 2.51. The van der Waals surface area contributed by atoms with E-state index in [4.69, 9.17) is 0 Å². The van der Waals surface area contributed by atoms with Gasteiger partial charge < -0.3 is 4.40 Å². The van der Waals surface area contributed by atoms with Gasteiger partial charge in [-0.25, -0.2) is 0 Å². The van der Waals surface area contributed by atoms with Gasteiger partial charge in [0.05, 0.1) is 16.4 Å².